The fraction of sp³-hybridized carbons (Fsp3) is 0.433. The lowest BCUT2D eigenvalue weighted by atomic mass is 9.81. The van der Waals surface area contributed by atoms with Gasteiger partial charge in [-0.1, -0.05) is 44.2 Å². The van der Waals surface area contributed by atoms with E-state index in [0.717, 1.165) is 20.8 Å². The Hall–Kier alpha value is -4.35. The van der Waals surface area contributed by atoms with Crippen molar-refractivity contribution in [2.75, 3.05) is 6.54 Å². The highest BCUT2D eigenvalue weighted by Crippen LogP contribution is 2.48. The van der Waals surface area contributed by atoms with Crippen molar-refractivity contribution >= 4 is 29.7 Å². The molecule has 226 valence electrons. The zero-order valence-electron chi connectivity index (χ0n) is 24.3. The maximum absolute atomic E-state index is 15.0. The van der Waals surface area contributed by atoms with Crippen molar-refractivity contribution < 1.29 is 42.2 Å². The molecule has 12 heteroatoms. The fourth-order valence-corrected chi connectivity index (χ4v) is 5.13. The van der Waals surface area contributed by atoms with Crippen LogP contribution in [0, 0.1) is 19.3 Å². The molecule has 0 spiro atoms. The summed E-state index contributed by atoms with van der Waals surface area (Å²) in [7, 11) is 0. The second-order valence-corrected chi connectivity index (χ2v) is 11.0. The van der Waals surface area contributed by atoms with E-state index in [9.17, 15) is 24.0 Å². The van der Waals surface area contributed by atoms with Crippen LogP contribution in [0.25, 0.3) is 0 Å². The Bertz CT molecular complexity index is 1390. The number of hydrogen-bond acceptors (Lipinski definition) is 7. The number of carbonyl (C=O) groups is 5. The maximum atomic E-state index is 15.0. The summed E-state index contributed by atoms with van der Waals surface area (Å²) in [5.74, 6) is -7.80. The van der Waals surface area contributed by atoms with E-state index < -0.39 is 65.7 Å². The first-order chi connectivity index (χ1) is 19.5. The Labute approximate surface area is 242 Å². The molecule has 1 saturated heterocycles. The molecule has 3 atom stereocenters. The van der Waals surface area contributed by atoms with E-state index in [1.54, 1.807) is 56.3 Å². The molecule has 0 bridgehead atoms. The largest absolute Gasteiger partial charge is 0.450 e. The SMILES string of the molecule is CC(=O)Oc1cc(C)cc(C(=O)NC(Cc2ccccc2)C(OC(C)=O)C(=O)N2CC(F)(F)C(C)(C)C2C(N)=O)c1C. The molecule has 1 aliphatic heterocycles. The Morgan fingerprint density at radius 3 is 2.21 bits per heavy atom. The average Bonchev–Trinajstić information content (AvgIpc) is 3.07. The van der Waals surface area contributed by atoms with Crippen molar-refractivity contribution in [3.63, 3.8) is 0 Å². The first-order valence-corrected chi connectivity index (χ1v) is 13.3. The van der Waals surface area contributed by atoms with Gasteiger partial charge in [-0.3, -0.25) is 24.0 Å². The summed E-state index contributed by atoms with van der Waals surface area (Å²) in [6, 6.07) is 8.78. The summed E-state index contributed by atoms with van der Waals surface area (Å²) in [6.45, 7) is 6.62. The van der Waals surface area contributed by atoms with Gasteiger partial charge in [-0.25, -0.2) is 8.78 Å². The molecule has 0 saturated carbocycles. The maximum Gasteiger partial charge on any atom is 0.308 e. The molecule has 0 radical (unpaired) electrons. The van der Waals surface area contributed by atoms with E-state index in [2.05, 4.69) is 5.32 Å². The van der Waals surface area contributed by atoms with Crippen molar-refractivity contribution in [2.24, 2.45) is 11.1 Å². The predicted molar refractivity (Wildman–Crippen MR) is 148 cm³/mol. The molecule has 3 amide bonds. The van der Waals surface area contributed by atoms with E-state index in [1.807, 2.05) is 0 Å². The third-order valence-electron chi connectivity index (χ3n) is 7.38. The Morgan fingerprint density at radius 1 is 1.05 bits per heavy atom. The quantitative estimate of drug-likeness (QED) is 0.339. The van der Waals surface area contributed by atoms with Crippen molar-refractivity contribution in [2.45, 2.75) is 72.1 Å². The average molecular weight is 588 g/mol. The zero-order valence-corrected chi connectivity index (χ0v) is 24.3. The van der Waals surface area contributed by atoms with Crippen LogP contribution in [0.4, 0.5) is 8.78 Å². The Balaban J connectivity index is 2.09. The van der Waals surface area contributed by atoms with Crippen LogP contribution in [0.3, 0.4) is 0 Å². The molecule has 0 aromatic heterocycles. The molecule has 3 unspecified atom stereocenters. The minimum Gasteiger partial charge on any atom is -0.450 e. The van der Waals surface area contributed by atoms with Gasteiger partial charge in [0.25, 0.3) is 17.7 Å². The molecular formula is C30H35F2N3O7. The van der Waals surface area contributed by atoms with Gasteiger partial charge in [-0.15, -0.1) is 0 Å². The molecule has 42 heavy (non-hydrogen) atoms. The minimum atomic E-state index is -3.49. The number of amides is 3. The number of esters is 2. The van der Waals surface area contributed by atoms with Crippen LogP contribution >= 0.6 is 0 Å². The fourth-order valence-electron chi connectivity index (χ4n) is 5.13. The van der Waals surface area contributed by atoms with Gasteiger partial charge in [0.15, 0.2) is 0 Å². The van der Waals surface area contributed by atoms with Gasteiger partial charge in [0.2, 0.25) is 12.0 Å². The van der Waals surface area contributed by atoms with Crippen LogP contribution in [-0.2, 0) is 30.3 Å². The topological polar surface area (TPSA) is 145 Å². The monoisotopic (exact) mass is 587 g/mol. The lowest BCUT2D eigenvalue weighted by Gasteiger charge is -2.34. The van der Waals surface area contributed by atoms with E-state index >= 15 is 8.78 Å². The van der Waals surface area contributed by atoms with Gasteiger partial charge in [0.1, 0.15) is 11.8 Å². The first-order valence-electron chi connectivity index (χ1n) is 13.3. The molecule has 3 N–H and O–H groups in total. The van der Waals surface area contributed by atoms with Crippen LogP contribution in [0.15, 0.2) is 42.5 Å². The predicted octanol–water partition coefficient (Wildman–Crippen LogP) is 2.86. The number of primary amides is 1. The minimum absolute atomic E-state index is 0.0488. The third kappa shape index (κ3) is 6.75. The molecule has 1 fully saturated rings. The number of alkyl halides is 2. The van der Waals surface area contributed by atoms with Crippen molar-refractivity contribution in [1.82, 2.24) is 10.2 Å². The standard InChI is InChI=1S/C30H35F2N3O7/c1-16-12-21(17(2)23(13-16)41-18(3)36)27(39)34-22(14-20-10-8-7-9-11-20)24(42-19(4)37)28(40)35-15-30(31,32)29(5,6)25(35)26(33)38/h7-13,22,24-25H,14-15H2,1-6H3,(H2,33,38)(H,34,39). The molecule has 2 aromatic rings. The Morgan fingerprint density at radius 2 is 1.67 bits per heavy atom. The number of nitrogens with two attached hydrogens (primary N) is 1. The van der Waals surface area contributed by atoms with Crippen LogP contribution < -0.4 is 15.8 Å². The summed E-state index contributed by atoms with van der Waals surface area (Å²) in [5.41, 5.74) is 5.14. The third-order valence-corrected chi connectivity index (χ3v) is 7.38. The second-order valence-electron chi connectivity index (χ2n) is 11.0. The number of rotatable bonds is 9. The molecule has 10 nitrogen and oxygen atoms in total. The highest BCUT2D eigenvalue weighted by molar-refractivity contribution is 5.98. The number of carbonyl (C=O) groups excluding carboxylic acids is 5. The van der Waals surface area contributed by atoms with Crippen LogP contribution in [-0.4, -0.2) is 65.2 Å². The van der Waals surface area contributed by atoms with Crippen molar-refractivity contribution in [3.8, 4) is 5.75 Å². The normalized spacial score (nSPS) is 18.5. The molecular weight excluding hydrogens is 552 g/mol. The lowest BCUT2D eigenvalue weighted by molar-refractivity contribution is -0.162. The second kappa shape index (κ2) is 12.3. The Kier molecular flexibility index (Phi) is 9.39. The van der Waals surface area contributed by atoms with Gasteiger partial charge < -0.3 is 25.4 Å². The van der Waals surface area contributed by atoms with Gasteiger partial charge in [-0.05, 0) is 43.5 Å². The zero-order chi connectivity index (χ0) is 31.6. The first kappa shape index (κ1) is 32.2. The molecule has 1 aliphatic rings. The van der Waals surface area contributed by atoms with E-state index in [4.69, 9.17) is 15.2 Å². The summed E-state index contributed by atoms with van der Waals surface area (Å²) >= 11 is 0. The lowest BCUT2D eigenvalue weighted by Crippen LogP contribution is -2.58. The summed E-state index contributed by atoms with van der Waals surface area (Å²) < 4.78 is 40.7. The van der Waals surface area contributed by atoms with E-state index in [0.29, 0.717) is 21.6 Å². The number of nitrogens with zero attached hydrogens (tertiary/aromatic N) is 1. The summed E-state index contributed by atoms with van der Waals surface area (Å²) in [4.78, 5) is 64.4. The van der Waals surface area contributed by atoms with E-state index in [-0.39, 0.29) is 17.7 Å². The van der Waals surface area contributed by atoms with Crippen LogP contribution in [0.5, 0.6) is 5.75 Å². The molecule has 2 aromatic carbocycles. The van der Waals surface area contributed by atoms with Crippen molar-refractivity contribution in [1.29, 1.82) is 0 Å². The highest BCUT2D eigenvalue weighted by Gasteiger charge is 2.64. The van der Waals surface area contributed by atoms with Gasteiger partial charge in [0.05, 0.1) is 18.0 Å². The smallest absolute Gasteiger partial charge is 0.308 e. The number of aryl methyl sites for hydroxylation is 1. The molecule has 1 heterocycles. The number of halogens is 2. The number of benzene rings is 2. The van der Waals surface area contributed by atoms with Crippen molar-refractivity contribution in [3.05, 3.63) is 64.7 Å². The van der Waals surface area contributed by atoms with Gasteiger partial charge >= 0.3 is 11.9 Å². The summed E-state index contributed by atoms with van der Waals surface area (Å²) in [5, 5.41) is 2.72. The summed E-state index contributed by atoms with van der Waals surface area (Å²) in [6.07, 6.45) is -1.84. The number of likely N-dealkylation sites (tertiary alicyclic amines) is 1. The van der Waals surface area contributed by atoms with Crippen LogP contribution in [0.2, 0.25) is 0 Å². The number of ether oxygens (including phenoxy) is 2. The molecule has 0 aliphatic carbocycles. The van der Waals surface area contributed by atoms with Gasteiger partial charge in [-0.2, -0.15) is 0 Å². The highest BCUT2D eigenvalue weighted by atomic mass is 19.3. The number of nitrogens with one attached hydrogen (secondary N) is 1. The number of hydrogen-bond donors (Lipinski definition) is 2. The van der Waals surface area contributed by atoms with Gasteiger partial charge in [0, 0.05) is 25.0 Å². The van der Waals surface area contributed by atoms with Crippen LogP contribution in [0.1, 0.15) is 54.7 Å². The molecule has 3 rings (SSSR count). The van der Waals surface area contributed by atoms with E-state index in [1.165, 1.54) is 6.92 Å².